The van der Waals surface area contributed by atoms with Gasteiger partial charge in [-0.2, -0.15) is 0 Å². The first-order valence-corrected chi connectivity index (χ1v) is 11.1. The minimum absolute atomic E-state index is 0.0760. The van der Waals surface area contributed by atoms with Gasteiger partial charge in [-0.1, -0.05) is 6.92 Å². The molecule has 0 amide bonds. The fourth-order valence-corrected chi connectivity index (χ4v) is 5.03. The highest BCUT2D eigenvalue weighted by molar-refractivity contribution is 5.43. The number of nitro benzene ring substituents is 1. The first-order valence-electron chi connectivity index (χ1n) is 11.1. The Kier molecular flexibility index (Phi) is 7.28. The minimum atomic E-state index is -0.498. The van der Waals surface area contributed by atoms with Crippen LogP contribution in [0.4, 0.5) is 10.1 Å². The molecular formula is C23H35FN2O3. The van der Waals surface area contributed by atoms with Gasteiger partial charge in [0.05, 0.1) is 17.1 Å². The number of hydrogen-bond donors (Lipinski definition) is 0. The molecule has 2 fully saturated rings. The van der Waals surface area contributed by atoms with E-state index in [-0.39, 0.29) is 11.2 Å². The first kappa shape index (κ1) is 22.2. The molecule has 1 aliphatic heterocycles. The first-order chi connectivity index (χ1) is 13.8. The Labute approximate surface area is 173 Å². The van der Waals surface area contributed by atoms with Crippen molar-refractivity contribution in [3.63, 3.8) is 0 Å². The van der Waals surface area contributed by atoms with Gasteiger partial charge < -0.3 is 4.74 Å². The monoisotopic (exact) mass is 406 g/mol. The van der Waals surface area contributed by atoms with Gasteiger partial charge in [0.25, 0.3) is 5.69 Å². The van der Waals surface area contributed by atoms with E-state index in [1.807, 2.05) is 0 Å². The van der Waals surface area contributed by atoms with E-state index in [0.29, 0.717) is 29.6 Å². The maximum absolute atomic E-state index is 13.8. The zero-order chi connectivity index (χ0) is 21.0. The molecule has 0 atom stereocenters. The average molecular weight is 407 g/mol. The predicted octanol–water partition coefficient (Wildman–Crippen LogP) is 5.42. The van der Waals surface area contributed by atoms with Crippen LogP contribution in [-0.2, 0) is 11.2 Å². The molecule has 1 heterocycles. The Morgan fingerprint density at radius 3 is 2.48 bits per heavy atom. The van der Waals surface area contributed by atoms with Crippen molar-refractivity contribution < 1.29 is 14.1 Å². The second-order valence-corrected chi connectivity index (χ2v) is 9.19. The van der Waals surface area contributed by atoms with Crippen LogP contribution in [0.2, 0.25) is 0 Å². The maximum atomic E-state index is 13.8. The summed E-state index contributed by atoms with van der Waals surface area (Å²) in [4.78, 5) is 13.5. The van der Waals surface area contributed by atoms with Crippen LogP contribution in [0.1, 0.15) is 69.9 Å². The molecule has 3 rings (SSSR count). The predicted molar refractivity (Wildman–Crippen MR) is 113 cm³/mol. The number of benzene rings is 1. The fourth-order valence-electron chi connectivity index (χ4n) is 5.03. The van der Waals surface area contributed by atoms with Crippen molar-refractivity contribution >= 4 is 5.69 Å². The van der Waals surface area contributed by atoms with Gasteiger partial charge in [-0.25, -0.2) is 4.39 Å². The summed E-state index contributed by atoms with van der Waals surface area (Å²) in [5, 5.41) is 11.3. The van der Waals surface area contributed by atoms with Crippen molar-refractivity contribution in [3.8, 4) is 0 Å². The molecule has 0 bridgehead atoms. The molecule has 29 heavy (non-hydrogen) atoms. The summed E-state index contributed by atoms with van der Waals surface area (Å²) in [5.41, 5.74) is 1.33. The van der Waals surface area contributed by atoms with Crippen molar-refractivity contribution in [1.82, 2.24) is 4.90 Å². The Hall–Kier alpha value is -1.53. The van der Waals surface area contributed by atoms with Crippen LogP contribution >= 0.6 is 0 Å². The third-order valence-electron chi connectivity index (χ3n) is 7.01. The van der Waals surface area contributed by atoms with Crippen LogP contribution in [0.25, 0.3) is 0 Å². The second-order valence-electron chi connectivity index (χ2n) is 9.19. The number of likely N-dealkylation sites (tertiary alicyclic amines) is 1. The van der Waals surface area contributed by atoms with E-state index in [1.165, 1.54) is 12.8 Å². The molecule has 0 spiro atoms. The van der Waals surface area contributed by atoms with E-state index in [9.17, 15) is 14.5 Å². The molecule has 0 N–H and O–H groups in total. The van der Waals surface area contributed by atoms with Crippen molar-refractivity contribution in [2.75, 3.05) is 19.7 Å². The minimum Gasteiger partial charge on any atom is -0.378 e. The van der Waals surface area contributed by atoms with Crippen LogP contribution in [0, 0.1) is 28.8 Å². The molecule has 5 nitrogen and oxygen atoms in total. The summed E-state index contributed by atoms with van der Waals surface area (Å²) in [6.45, 7) is 9.15. The summed E-state index contributed by atoms with van der Waals surface area (Å²) in [7, 11) is 0. The third-order valence-corrected chi connectivity index (χ3v) is 7.01. The van der Waals surface area contributed by atoms with Crippen LogP contribution in [0.15, 0.2) is 12.1 Å². The number of rotatable bonds is 7. The highest BCUT2D eigenvalue weighted by Gasteiger charge is 2.38. The molecule has 162 valence electrons. The van der Waals surface area contributed by atoms with E-state index in [1.54, 1.807) is 13.0 Å². The molecule has 6 heteroatoms. The van der Waals surface area contributed by atoms with Crippen LogP contribution in [0.3, 0.4) is 0 Å². The molecule has 1 aromatic carbocycles. The Morgan fingerprint density at radius 1 is 1.24 bits per heavy atom. The number of piperidine rings is 1. The van der Waals surface area contributed by atoms with Crippen LogP contribution < -0.4 is 0 Å². The second kappa shape index (κ2) is 9.52. The molecular weight excluding hydrogens is 371 g/mol. The standard InChI is InChI=1S/C23H35FN2O3/c1-4-13-29-20-5-9-23(3,10-6-20)25-11-7-18(8-12-25)15-19-14-17(2)21(24)16-22(19)26(27)28/h14,16,18,20H,4-13,15H2,1-3H3. The molecule has 0 aromatic heterocycles. The van der Waals surface area contributed by atoms with Gasteiger partial charge >= 0.3 is 0 Å². The van der Waals surface area contributed by atoms with Gasteiger partial charge in [-0.05, 0) is 95.9 Å². The molecule has 1 saturated carbocycles. The lowest BCUT2D eigenvalue weighted by Gasteiger charge is -2.48. The zero-order valence-corrected chi connectivity index (χ0v) is 18.1. The number of nitrogens with zero attached hydrogens (tertiary/aromatic N) is 2. The summed E-state index contributed by atoms with van der Waals surface area (Å²) in [6, 6.07) is 2.75. The molecule has 0 unspecified atom stereocenters. The Morgan fingerprint density at radius 2 is 1.90 bits per heavy atom. The molecule has 0 radical (unpaired) electrons. The van der Waals surface area contributed by atoms with Crippen molar-refractivity contribution in [2.45, 2.75) is 83.8 Å². The number of aryl methyl sites for hydroxylation is 1. The summed E-state index contributed by atoms with van der Waals surface area (Å²) < 4.78 is 19.7. The average Bonchev–Trinajstić information content (AvgIpc) is 2.70. The summed E-state index contributed by atoms with van der Waals surface area (Å²) >= 11 is 0. The van der Waals surface area contributed by atoms with E-state index >= 15 is 0 Å². The summed E-state index contributed by atoms with van der Waals surface area (Å²) in [6.07, 6.45) is 8.86. The van der Waals surface area contributed by atoms with Gasteiger partial charge in [-0.3, -0.25) is 15.0 Å². The zero-order valence-electron chi connectivity index (χ0n) is 18.1. The smallest absolute Gasteiger partial charge is 0.275 e. The van der Waals surface area contributed by atoms with Gasteiger partial charge in [-0.15, -0.1) is 0 Å². The van der Waals surface area contributed by atoms with Gasteiger partial charge in [0.15, 0.2) is 0 Å². The summed E-state index contributed by atoms with van der Waals surface area (Å²) in [5.74, 6) is -0.0793. The lowest BCUT2D eigenvalue weighted by atomic mass is 9.78. The van der Waals surface area contributed by atoms with Crippen molar-refractivity contribution in [2.24, 2.45) is 5.92 Å². The van der Waals surface area contributed by atoms with Crippen molar-refractivity contribution in [1.29, 1.82) is 0 Å². The molecule has 2 aliphatic rings. The van der Waals surface area contributed by atoms with Crippen LogP contribution in [-0.4, -0.2) is 41.2 Å². The lowest BCUT2D eigenvalue weighted by Crippen LogP contribution is -2.52. The fraction of sp³-hybridized carbons (Fsp3) is 0.739. The van der Waals surface area contributed by atoms with E-state index in [0.717, 1.165) is 57.9 Å². The quantitative estimate of drug-likeness (QED) is 0.448. The van der Waals surface area contributed by atoms with Gasteiger partial charge in [0, 0.05) is 17.7 Å². The largest absolute Gasteiger partial charge is 0.378 e. The van der Waals surface area contributed by atoms with Gasteiger partial charge in [0.2, 0.25) is 0 Å². The van der Waals surface area contributed by atoms with E-state index in [4.69, 9.17) is 4.74 Å². The Bertz CT molecular complexity index is 708. The number of hydrogen-bond acceptors (Lipinski definition) is 4. The lowest BCUT2D eigenvalue weighted by molar-refractivity contribution is -0.385. The highest BCUT2D eigenvalue weighted by atomic mass is 19.1. The SMILES string of the molecule is CCCOC1CCC(C)(N2CCC(Cc3cc(C)c(F)cc3[N+](=O)[O-])CC2)CC1. The van der Waals surface area contributed by atoms with Gasteiger partial charge in [0.1, 0.15) is 5.82 Å². The number of halogens is 1. The topological polar surface area (TPSA) is 55.6 Å². The van der Waals surface area contributed by atoms with Crippen LogP contribution in [0.5, 0.6) is 0 Å². The molecule has 1 aromatic rings. The maximum Gasteiger partial charge on any atom is 0.275 e. The van der Waals surface area contributed by atoms with Crippen molar-refractivity contribution in [3.05, 3.63) is 39.2 Å². The third kappa shape index (κ3) is 5.34. The number of nitro groups is 1. The number of ether oxygens (including phenoxy) is 1. The Balaban J connectivity index is 1.55. The molecule has 1 saturated heterocycles. The normalized spacial score (nSPS) is 26.6. The highest BCUT2D eigenvalue weighted by Crippen LogP contribution is 2.38. The van der Waals surface area contributed by atoms with E-state index < -0.39 is 10.7 Å². The van der Waals surface area contributed by atoms with E-state index in [2.05, 4.69) is 18.7 Å². The molecule has 1 aliphatic carbocycles.